The first-order valence-electron chi connectivity index (χ1n) is 6.29. The van der Waals surface area contributed by atoms with Crippen molar-refractivity contribution in [2.45, 2.75) is 13.1 Å². The van der Waals surface area contributed by atoms with Crippen LogP contribution in [-0.2, 0) is 13.1 Å². The zero-order chi connectivity index (χ0) is 14.4. The highest BCUT2D eigenvalue weighted by Gasteiger charge is 2.06. The lowest BCUT2D eigenvalue weighted by Gasteiger charge is -2.06. The van der Waals surface area contributed by atoms with Crippen molar-refractivity contribution in [3.05, 3.63) is 59.4 Å². The molecule has 0 radical (unpaired) electrons. The molecule has 5 heteroatoms. The summed E-state index contributed by atoms with van der Waals surface area (Å²) in [4.78, 5) is 16.0. The fraction of sp³-hybridized carbons (Fsp3) is 0.200. The van der Waals surface area contributed by atoms with E-state index in [4.69, 9.17) is 10.5 Å². The van der Waals surface area contributed by atoms with Gasteiger partial charge in [0.05, 0.1) is 7.11 Å². The highest BCUT2D eigenvalue weighted by molar-refractivity contribution is 5.92. The van der Waals surface area contributed by atoms with Gasteiger partial charge in [-0.1, -0.05) is 18.2 Å². The van der Waals surface area contributed by atoms with Crippen LogP contribution in [-0.4, -0.2) is 18.0 Å². The third kappa shape index (κ3) is 3.55. The van der Waals surface area contributed by atoms with Crippen molar-refractivity contribution >= 4 is 5.91 Å². The Bertz CT molecular complexity index is 565. The summed E-state index contributed by atoms with van der Waals surface area (Å²) < 4.78 is 5.08. The number of benzene rings is 1. The van der Waals surface area contributed by atoms with E-state index >= 15 is 0 Å². The van der Waals surface area contributed by atoms with E-state index in [-0.39, 0.29) is 5.91 Å². The third-order valence-corrected chi connectivity index (χ3v) is 2.91. The lowest BCUT2D eigenvalue weighted by atomic mass is 10.2. The number of amides is 1. The second-order valence-electron chi connectivity index (χ2n) is 4.29. The van der Waals surface area contributed by atoms with E-state index in [0.717, 1.165) is 16.9 Å². The van der Waals surface area contributed by atoms with Crippen LogP contribution in [0, 0.1) is 0 Å². The van der Waals surface area contributed by atoms with Crippen LogP contribution in [0.1, 0.15) is 21.6 Å². The summed E-state index contributed by atoms with van der Waals surface area (Å²) in [7, 11) is 1.62. The first-order chi connectivity index (χ1) is 9.72. The molecule has 0 unspecified atom stereocenters. The quantitative estimate of drug-likeness (QED) is 0.863. The van der Waals surface area contributed by atoms with E-state index in [1.165, 1.54) is 0 Å². The molecular weight excluding hydrogens is 254 g/mol. The fourth-order valence-electron chi connectivity index (χ4n) is 1.70. The summed E-state index contributed by atoms with van der Waals surface area (Å²) in [6.45, 7) is 0.865. The largest absolute Gasteiger partial charge is 0.497 e. The van der Waals surface area contributed by atoms with Gasteiger partial charge >= 0.3 is 0 Å². The first-order valence-corrected chi connectivity index (χ1v) is 6.29. The summed E-state index contributed by atoms with van der Waals surface area (Å²) in [6, 6.07) is 11.0. The molecule has 104 valence electrons. The number of hydrogen-bond acceptors (Lipinski definition) is 4. The summed E-state index contributed by atoms with van der Waals surface area (Å²) in [6.07, 6.45) is 1.61. The van der Waals surface area contributed by atoms with Crippen molar-refractivity contribution in [2.75, 3.05) is 7.11 Å². The number of carbonyl (C=O) groups excluding carboxylic acids is 1. The van der Waals surface area contributed by atoms with Gasteiger partial charge < -0.3 is 15.8 Å². The number of ether oxygens (including phenoxy) is 1. The topological polar surface area (TPSA) is 77.2 Å². The van der Waals surface area contributed by atoms with Crippen LogP contribution in [0.5, 0.6) is 5.75 Å². The predicted molar refractivity (Wildman–Crippen MR) is 76.3 cm³/mol. The molecule has 0 saturated heterocycles. The lowest BCUT2D eigenvalue weighted by Crippen LogP contribution is -2.23. The number of hydrogen-bond donors (Lipinski definition) is 2. The van der Waals surface area contributed by atoms with Gasteiger partial charge in [-0.2, -0.15) is 0 Å². The molecule has 1 aromatic heterocycles. The first kappa shape index (κ1) is 14.0. The predicted octanol–water partition coefficient (Wildman–Crippen LogP) is 1.48. The molecule has 0 saturated carbocycles. The Labute approximate surface area is 117 Å². The molecule has 20 heavy (non-hydrogen) atoms. The third-order valence-electron chi connectivity index (χ3n) is 2.91. The van der Waals surface area contributed by atoms with E-state index in [9.17, 15) is 4.79 Å². The minimum atomic E-state index is -0.204. The molecule has 1 aromatic carbocycles. The monoisotopic (exact) mass is 271 g/mol. The van der Waals surface area contributed by atoms with Gasteiger partial charge in [0, 0.05) is 19.3 Å². The summed E-state index contributed by atoms with van der Waals surface area (Å²) in [5.74, 6) is 0.587. The maximum atomic E-state index is 11.9. The van der Waals surface area contributed by atoms with Crippen LogP contribution in [0.3, 0.4) is 0 Å². The second-order valence-corrected chi connectivity index (χ2v) is 4.29. The number of aromatic nitrogens is 1. The average molecular weight is 271 g/mol. The standard InChI is InChI=1S/C15H17N3O2/c1-20-13-5-2-11(3-6-13)9-18-15(19)14-7-4-12(8-16)10-17-14/h2-7,10H,8-9,16H2,1H3,(H,18,19). The Morgan fingerprint density at radius 2 is 1.90 bits per heavy atom. The lowest BCUT2D eigenvalue weighted by molar-refractivity contribution is 0.0946. The number of nitrogens with two attached hydrogens (primary N) is 1. The van der Waals surface area contributed by atoms with E-state index in [2.05, 4.69) is 10.3 Å². The molecule has 0 spiro atoms. The molecule has 1 heterocycles. The van der Waals surface area contributed by atoms with E-state index in [1.54, 1.807) is 25.4 Å². The number of rotatable bonds is 5. The van der Waals surface area contributed by atoms with Crippen LogP contribution >= 0.6 is 0 Å². The highest BCUT2D eigenvalue weighted by atomic mass is 16.5. The van der Waals surface area contributed by atoms with Gasteiger partial charge in [-0.25, -0.2) is 0 Å². The second kappa shape index (κ2) is 6.68. The van der Waals surface area contributed by atoms with Crippen molar-refractivity contribution < 1.29 is 9.53 Å². The Morgan fingerprint density at radius 3 is 2.45 bits per heavy atom. The maximum Gasteiger partial charge on any atom is 0.270 e. The maximum absolute atomic E-state index is 11.9. The van der Waals surface area contributed by atoms with Gasteiger partial charge in [-0.15, -0.1) is 0 Å². The number of pyridine rings is 1. The van der Waals surface area contributed by atoms with Crippen molar-refractivity contribution in [2.24, 2.45) is 5.73 Å². The van der Waals surface area contributed by atoms with Crippen LogP contribution < -0.4 is 15.8 Å². The number of carbonyl (C=O) groups is 1. The van der Waals surface area contributed by atoms with Crippen LogP contribution in [0.4, 0.5) is 0 Å². The van der Waals surface area contributed by atoms with Crippen molar-refractivity contribution in [3.8, 4) is 5.75 Å². The molecular formula is C15H17N3O2. The zero-order valence-electron chi connectivity index (χ0n) is 11.3. The molecule has 0 atom stereocenters. The molecule has 5 nitrogen and oxygen atoms in total. The molecule has 1 amide bonds. The minimum Gasteiger partial charge on any atom is -0.497 e. The Balaban J connectivity index is 1.93. The van der Waals surface area contributed by atoms with Gasteiger partial charge in [0.2, 0.25) is 0 Å². The fourth-order valence-corrected chi connectivity index (χ4v) is 1.70. The van der Waals surface area contributed by atoms with Gasteiger partial charge in [-0.3, -0.25) is 9.78 Å². The number of nitrogens with one attached hydrogen (secondary N) is 1. The summed E-state index contributed by atoms with van der Waals surface area (Å²) in [5.41, 5.74) is 7.77. The van der Waals surface area contributed by atoms with Crippen LogP contribution in [0.25, 0.3) is 0 Å². The SMILES string of the molecule is COc1ccc(CNC(=O)c2ccc(CN)cn2)cc1. The van der Waals surface area contributed by atoms with Gasteiger partial charge in [0.25, 0.3) is 5.91 Å². The smallest absolute Gasteiger partial charge is 0.270 e. The molecule has 0 bridgehead atoms. The van der Waals surface area contributed by atoms with Crippen molar-refractivity contribution in [1.82, 2.24) is 10.3 Å². The zero-order valence-corrected chi connectivity index (χ0v) is 11.3. The van der Waals surface area contributed by atoms with E-state index in [0.29, 0.717) is 18.8 Å². The molecule has 0 aliphatic heterocycles. The molecule has 2 aromatic rings. The van der Waals surface area contributed by atoms with Crippen LogP contribution in [0.2, 0.25) is 0 Å². The normalized spacial score (nSPS) is 10.1. The molecule has 0 aliphatic carbocycles. The highest BCUT2D eigenvalue weighted by Crippen LogP contribution is 2.11. The molecule has 0 aliphatic rings. The van der Waals surface area contributed by atoms with Crippen LogP contribution in [0.15, 0.2) is 42.6 Å². The van der Waals surface area contributed by atoms with E-state index in [1.807, 2.05) is 24.3 Å². The van der Waals surface area contributed by atoms with Gasteiger partial charge in [-0.05, 0) is 29.3 Å². The molecule has 3 N–H and O–H groups in total. The van der Waals surface area contributed by atoms with E-state index < -0.39 is 0 Å². The number of methoxy groups -OCH3 is 1. The summed E-state index contributed by atoms with van der Waals surface area (Å²) in [5, 5.41) is 2.82. The van der Waals surface area contributed by atoms with Crippen molar-refractivity contribution in [3.63, 3.8) is 0 Å². The van der Waals surface area contributed by atoms with Crippen molar-refractivity contribution in [1.29, 1.82) is 0 Å². The van der Waals surface area contributed by atoms with Gasteiger partial charge in [0.15, 0.2) is 0 Å². The summed E-state index contributed by atoms with van der Waals surface area (Å²) >= 11 is 0. The number of nitrogens with zero attached hydrogens (tertiary/aromatic N) is 1. The minimum absolute atomic E-state index is 0.204. The molecule has 0 fully saturated rings. The Hall–Kier alpha value is -2.40. The Morgan fingerprint density at radius 1 is 1.20 bits per heavy atom. The van der Waals surface area contributed by atoms with Gasteiger partial charge in [0.1, 0.15) is 11.4 Å². The average Bonchev–Trinajstić information content (AvgIpc) is 2.53. The molecule has 2 rings (SSSR count). The Kier molecular flexibility index (Phi) is 4.68.